The summed E-state index contributed by atoms with van der Waals surface area (Å²) in [6.07, 6.45) is 21.6. The van der Waals surface area contributed by atoms with Crippen molar-refractivity contribution in [1.82, 2.24) is 15.2 Å². The number of aliphatic carboxylic acids is 1. The average molecular weight is 825 g/mol. The van der Waals surface area contributed by atoms with Crippen molar-refractivity contribution in [2.45, 2.75) is 158 Å². The zero-order valence-electron chi connectivity index (χ0n) is 39.0. The van der Waals surface area contributed by atoms with Crippen LogP contribution in [0, 0.1) is 56.2 Å². The molecule has 1 heterocycles. The number of allylic oxidation sites excluding steroid dienone is 5. The molecule has 6 aliphatic rings. The number of carbonyl (C=O) groups excluding carboxylic acids is 1. The Hall–Kier alpha value is -2.97. The van der Waals surface area contributed by atoms with E-state index in [2.05, 4.69) is 96.2 Å². The minimum atomic E-state index is -1.10. The molecule has 8 heteroatoms. The number of nitrogens with two attached hydrogens (primary N) is 1. The highest BCUT2D eigenvalue weighted by atomic mass is 16.5. The Labute approximate surface area is 363 Å². The van der Waals surface area contributed by atoms with Gasteiger partial charge in [-0.25, -0.2) is 4.98 Å². The van der Waals surface area contributed by atoms with E-state index in [9.17, 15) is 14.7 Å². The summed E-state index contributed by atoms with van der Waals surface area (Å²) in [4.78, 5) is 31.8. The first kappa shape index (κ1) is 45.1. The maximum atomic E-state index is 12.9. The van der Waals surface area contributed by atoms with E-state index in [1.54, 1.807) is 12.1 Å². The topological polar surface area (TPSA) is 118 Å². The lowest BCUT2D eigenvalue weighted by Gasteiger charge is -2.75. The maximum Gasteiger partial charge on any atom is 0.313 e. The number of carboxylic acid groups (broad SMARTS) is 1. The number of carboxylic acids is 1. The number of primary amides is 1. The summed E-state index contributed by atoms with van der Waals surface area (Å²) in [5.41, 5.74) is 9.67. The normalized spacial score (nSPS) is 39.4. The Balaban J connectivity index is 1.13. The lowest BCUT2D eigenvalue weighted by atomic mass is 9.29. The summed E-state index contributed by atoms with van der Waals surface area (Å²) >= 11 is 0. The van der Waals surface area contributed by atoms with E-state index in [0.29, 0.717) is 42.9 Å². The van der Waals surface area contributed by atoms with Gasteiger partial charge in [-0.05, 0) is 184 Å². The molecule has 1 amide bonds. The number of amides is 1. The van der Waals surface area contributed by atoms with Crippen LogP contribution in [0.25, 0.3) is 0 Å². The Kier molecular flexibility index (Phi) is 12.2. The fourth-order valence-electron chi connectivity index (χ4n) is 15.6. The van der Waals surface area contributed by atoms with Gasteiger partial charge in [0.05, 0.1) is 0 Å². The molecule has 0 unspecified atom stereocenters. The van der Waals surface area contributed by atoms with Gasteiger partial charge in [-0.15, -0.1) is 0 Å². The van der Waals surface area contributed by atoms with Gasteiger partial charge >= 0.3 is 5.97 Å². The lowest BCUT2D eigenvalue weighted by molar-refractivity contribution is -0.247. The first-order valence-corrected chi connectivity index (χ1v) is 23.9. The van der Waals surface area contributed by atoms with Crippen LogP contribution in [0.15, 0.2) is 53.8 Å². The van der Waals surface area contributed by atoms with E-state index in [4.69, 9.17) is 10.5 Å². The van der Waals surface area contributed by atoms with Gasteiger partial charge in [0, 0.05) is 24.8 Å². The van der Waals surface area contributed by atoms with Crippen LogP contribution in [-0.4, -0.2) is 65.2 Å². The number of aromatic nitrogens is 1. The molecule has 332 valence electrons. The van der Waals surface area contributed by atoms with Crippen molar-refractivity contribution < 1.29 is 19.4 Å². The summed E-state index contributed by atoms with van der Waals surface area (Å²) in [6.45, 7) is 32.0. The van der Waals surface area contributed by atoms with Gasteiger partial charge in [0.25, 0.3) is 5.91 Å². The number of nitrogens with one attached hydrogen (secondary N) is 1. The molecule has 10 atom stereocenters. The van der Waals surface area contributed by atoms with Crippen molar-refractivity contribution in [3.05, 3.63) is 59.3 Å². The van der Waals surface area contributed by atoms with E-state index < -0.39 is 17.3 Å². The Bertz CT molecular complexity index is 1880. The van der Waals surface area contributed by atoms with E-state index in [0.717, 1.165) is 19.5 Å². The molecule has 6 aliphatic carbocycles. The molecule has 4 saturated carbocycles. The predicted molar refractivity (Wildman–Crippen MR) is 243 cm³/mol. The van der Waals surface area contributed by atoms with Crippen molar-refractivity contribution >= 4 is 11.9 Å². The molecule has 0 radical (unpaired) electrons. The van der Waals surface area contributed by atoms with Crippen molar-refractivity contribution in [2.24, 2.45) is 61.9 Å². The van der Waals surface area contributed by atoms with Gasteiger partial charge in [0.2, 0.25) is 5.88 Å². The van der Waals surface area contributed by atoms with Crippen LogP contribution < -0.4 is 15.8 Å². The lowest BCUT2D eigenvalue weighted by Crippen LogP contribution is -2.70. The second kappa shape index (κ2) is 16.3. The van der Waals surface area contributed by atoms with Crippen LogP contribution in [0.2, 0.25) is 0 Å². The molecular weight excluding hydrogens is 745 g/mol. The SMILES string of the molecule is C=C(C)[C@@H]1CC[C@]2(NCCN(CCC)CCC)CC[C@]3(C)[C@H](CC[C@@H]4[C@@]5(C)CC=C(C6=CC[C@](COc7ncccc7C(N)=O)(C(=O)O)CC6)C(C)(C)[C@]5(C)CC[C@]43C)[C@@H]12. The molecule has 0 aromatic carbocycles. The minimum Gasteiger partial charge on any atom is -0.481 e. The third kappa shape index (κ3) is 6.86. The predicted octanol–water partition coefficient (Wildman–Crippen LogP) is 10.8. The Morgan fingerprint density at radius 2 is 1.63 bits per heavy atom. The van der Waals surface area contributed by atoms with Crippen molar-refractivity contribution in [3.8, 4) is 5.88 Å². The second-order valence-corrected chi connectivity index (χ2v) is 22.2. The number of fused-ring (bicyclic) bond motifs is 7. The molecule has 8 nitrogen and oxygen atoms in total. The van der Waals surface area contributed by atoms with Gasteiger partial charge in [0.15, 0.2) is 0 Å². The fourth-order valence-corrected chi connectivity index (χ4v) is 15.6. The van der Waals surface area contributed by atoms with Crippen LogP contribution >= 0.6 is 0 Å². The highest BCUT2D eigenvalue weighted by Crippen LogP contribution is 2.79. The van der Waals surface area contributed by atoms with Crippen LogP contribution in [0.4, 0.5) is 0 Å². The highest BCUT2D eigenvalue weighted by molar-refractivity contribution is 5.95. The minimum absolute atomic E-state index is 0.0661. The molecule has 60 heavy (non-hydrogen) atoms. The van der Waals surface area contributed by atoms with Crippen LogP contribution in [0.1, 0.15) is 163 Å². The highest BCUT2D eigenvalue weighted by Gasteiger charge is 2.73. The van der Waals surface area contributed by atoms with Crippen LogP contribution in [-0.2, 0) is 4.79 Å². The van der Waals surface area contributed by atoms with E-state index >= 15 is 0 Å². The molecule has 4 fully saturated rings. The quantitative estimate of drug-likeness (QED) is 0.151. The molecular formula is C52H80N4O4. The molecule has 4 N–H and O–H groups in total. The Morgan fingerprint density at radius 3 is 2.27 bits per heavy atom. The van der Waals surface area contributed by atoms with Crippen molar-refractivity contribution in [2.75, 3.05) is 32.8 Å². The largest absolute Gasteiger partial charge is 0.481 e. The smallest absolute Gasteiger partial charge is 0.313 e. The molecule has 1 aromatic rings. The number of pyridine rings is 1. The maximum absolute atomic E-state index is 12.9. The number of hydrogen-bond acceptors (Lipinski definition) is 6. The summed E-state index contributed by atoms with van der Waals surface area (Å²) in [5, 5.41) is 14.9. The molecule has 0 saturated heterocycles. The summed E-state index contributed by atoms with van der Waals surface area (Å²) in [7, 11) is 0. The van der Waals surface area contributed by atoms with Gasteiger partial charge in [-0.1, -0.05) is 79.7 Å². The van der Waals surface area contributed by atoms with Crippen LogP contribution in [0.3, 0.4) is 0 Å². The molecule has 0 bridgehead atoms. The molecule has 0 spiro atoms. The van der Waals surface area contributed by atoms with Gasteiger partial charge in [-0.2, -0.15) is 0 Å². The third-order valence-corrected chi connectivity index (χ3v) is 19.7. The molecule has 0 aliphatic heterocycles. The number of hydrogen-bond donors (Lipinski definition) is 3. The van der Waals surface area contributed by atoms with E-state index in [-0.39, 0.29) is 50.7 Å². The first-order valence-electron chi connectivity index (χ1n) is 23.9. The summed E-state index contributed by atoms with van der Waals surface area (Å²) in [5.74, 6) is 1.17. The first-order chi connectivity index (χ1) is 28.3. The van der Waals surface area contributed by atoms with Crippen molar-refractivity contribution in [3.63, 3.8) is 0 Å². The van der Waals surface area contributed by atoms with Crippen molar-refractivity contribution in [1.29, 1.82) is 0 Å². The number of nitrogens with zero attached hydrogens (tertiary/aromatic N) is 2. The third-order valence-electron chi connectivity index (χ3n) is 19.7. The monoisotopic (exact) mass is 825 g/mol. The van der Waals surface area contributed by atoms with Gasteiger partial charge in [-0.3, -0.25) is 9.59 Å². The number of rotatable bonds is 15. The van der Waals surface area contributed by atoms with E-state index in [1.165, 1.54) is 100 Å². The van der Waals surface area contributed by atoms with E-state index in [1.807, 2.05) is 0 Å². The average Bonchev–Trinajstić information content (AvgIpc) is 3.59. The van der Waals surface area contributed by atoms with Crippen LogP contribution in [0.5, 0.6) is 5.88 Å². The summed E-state index contributed by atoms with van der Waals surface area (Å²) in [6, 6.07) is 3.19. The number of carbonyl (C=O) groups is 2. The van der Waals surface area contributed by atoms with Gasteiger partial charge in [0.1, 0.15) is 17.6 Å². The zero-order valence-corrected chi connectivity index (χ0v) is 39.0. The molecule has 7 rings (SSSR count). The second-order valence-electron chi connectivity index (χ2n) is 22.2. The molecule has 1 aromatic heterocycles. The standard InChI is InChI=1S/C52H80N4O4/c1-11-31-56(32-12-2)33-30-55-52-24-19-37(35(3)4)42(52)40-15-16-41-48(8,47(40,7)26-28-52)25-27-50(10)46(5,6)39(20-21-49(41,50)9)36-17-22-51(23-18-36,45(58)59)34-60-44-38(43(53)57)14-13-29-54-44/h13-14,17,20,29,37,40-42,55H,3,11-12,15-16,18-19,21-28,30-34H2,1-2,4-10H3,(H2,53,57)(H,58,59)/t37-,40+,41-,42+,47+,48+,49+,50-,51-,52-/m0/s1. The zero-order chi connectivity index (χ0) is 43.5. The Morgan fingerprint density at radius 1 is 0.917 bits per heavy atom. The number of ether oxygens (including phenoxy) is 1. The fraction of sp³-hybridized carbons (Fsp3) is 0.750. The van der Waals surface area contributed by atoms with Gasteiger partial charge < -0.3 is 25.8 Å². The summed E-state index contributed by atoms with van der Waals surface area (Å²) < 4.78 is 5.97.